The summed E-state index contributed by atoms with van der Waals surface area (Å²) in [5.41, 5.74) is 0.135. The summed E-state index contributed by atoms with van der Waals surface area (Å²) >= 11 is 1.98. The normalized spacial score (nSPS) is 18.1. The van der Waals surface area contributed by atoms with Crippen LogP contribution in [-0.4, -0.2) is 37.3 Å². The molecule has 1 aliphatic rings. The highest BCUT2D eigenvalue weighted by atomic mass is 127. The minimum absolute atomic E-state index is 0. The molecule has 0 unspecified atom stereocenters. The standard InChI is InChI=1S/C13H15F4IN2.ClH/c14-11-2-1-9(18)7-10(11)12(8-13(15,16)17)20-5-3-19-4-6-20;/h1-2,7,12,19H,3-6,8H2;1H/t12-;/m1./s1. The van der Waals surface area contributed by atoms with E-state index in [9.17, 15) is 17.6 Å². The molecule has 0 amide bonds. The second-order valence-electron chi connectivity index (χ2n) is 4.79. The third-order valence-corrected chi connectivity index (χ3v) is 4.01. The minimum atomic E-state index is -4.32. The molecular formula is C13H16ClF4IN2. The molecule has 120 valence electrons. The number of rotatable bonds is 3. The van der Waals surface area contributed by atoms with Gasteiger partial charge in [0.25, 0.3) is 0 Å². The summed E-state index contributed by atoms with van der Waals surface area (Å²) in [6.45, 7) is 2.23. The molecular weight excluding hydrogens is 423 g/mol. The van der Waals surface area contributed by atoms with Gasteiger partial charge in [0.15, 0.2) is 0 Å². The zero-order chi connectivity index (χ0) is 14.8. The van der Waals surface area contributed by atoms with E-state index in [-0.39, 0.29) is 18.0 Å². The van der Waals surface area contributed by atoms with Gasteiger partial charge in [0.05, 0.1) is 6.42 Å². The van der Waals surface area contributed by atoms with Crippen LogP contribution >= 0.6 is 35.0 Å². The lowest BCUT2D eigenvalue weighted by molar-refractivity contribution is -0.149. The van der Waals surface area contributed by atoms with E-state index in [1.165, 1.54) is 12.1 Å². The molecule has 1 aliphatic heterocycles. The Morgan fingerprint density at radius 2 is 1.86 bits per heavy atom. The van der Waals surface area contributed by atoms with E-state index in [1.807, 2.05) is 22.6 Å². The van der Waals surface area contributed by atoms with Gasteiger partial charge in [-0.25, -0.2) is 4.39 Å². The van der Waals surface area contributed by atoms with Crippen LogP contribution in [0.1, 0.15) is 18.0 Å². The Kier molecular flexibility index (Phi) is 7.15. The second-order valence-corrected chi connectivity index (χ2v) is 6.03. The molecule has 2 rings (SSSR count). The predicted octanol–water partition coefficient (Wildman–Crippen LogP) is 3.75. The number of halogens is 6. The first-order valence-electron chi connectivity index (χ1n) is 6.33. The molecule has 0 spiro atoms. The largest absolute Gasteiger partial charge is 0.390 e. The van der Waals surface area contributed by atoms with Crippen molar-refractivity contribution >= 4 is 35.0 Å². The summed E-state index contributed by atoms with van der Waals surface area (Å²) in [6.07, 6.45) is -5.34. The van der Waals surface area contributed by atoms with Gasteiger partial charge in [-0.05, 0) is 40.8 Å². The van der Waals surface area contributed by atoms with Crippen LogP contribution in [0, 0.1) is 9.39 Å². The molecule has 1 fully saturated rings. The van der Waals surface area contributed by atoms with Crippen molar-refractivity contribution in [1.82, 2.24) is 10.2 Å². The molecule has 0 aromatic heterocycles. The molecule has 21 heavy (non-hydrogen) atoms. The fourth-order valence-electron chi connectivity index (χ4n) is 2.42. The van der Waals surface area contributed by atoms with Gasteiger partial charge < -0.3 is 5.32 Å². The van der Waals surface area contributed by atoms with Crippen molar-refractivity contribution in [2.45, 2.75) is 18.6 Å². The molecule has 2 nitrogen and oxygen atoms in total. The Morgan fingerprint density at radius 1 is 1.24 bits per heavy atom. The first kappa shape index (κ1) is 18.9. The number of alkyl halides is 3. The van der Waals surface area contributed by atoms with Crippen LogP contribution in [0.15, 0.2) is 18.2 Å². The molecule has 0 radical (unpaired) electrons. The quantitative estimate of drug-likeness (QED) is 0.571. The lowest BCUT2D eigenvalue weighted by Crippen LogP contribution is -2.46. The first-order chi connectivity index (χ1) is 9.37. The van der Waals surface area contributed by atoms with Crippen molar-refractivity contribution in [3.05, 3.63) is 33.1 Å². The van der Waals surface area contributed by atoms with Crippen LogP contribution in [0.2, 0.25) is 0 Å². The van der Waals surface area contributed by atoms with E-state index in [4.69, 9.17) is 0 Å². The fourth-order valence-corrected chi connectivity index (χ4v) is 2.93. The Hall–Kier alpha value is -0.120. The van der Waals surface area contributed by atoms with Crippen molar-refractivity contribution in [2.75, 3.05) is 26.2 Å². The summed E-state index contributed by atoms with van der Waals surface area (Å²) in [7, 11) is 0. The maximum Gasteiger partial charge on any atom is 0.390 e. The molecule has 1 saturated heterocycles. The van der Waals surface area contributed by atoms with Crippen molar-refractivity contribution in [2.24, 2.45) is 0 Å². The highest BCUT2D eigenvalue weighted by Gasteiger charge is 2.37. The molecule has 1 heterocycles. The fraction of sp³-hybridized carbons (Fsp3) is 0.538. The summed E-state index contributed by atoms with van der Waals surface area (Å²) < 4.78 is 53.1. The number of nitrogens with zero attached hydrogens (tertiary/aromatic N) is 1. The predicted molar refractivity (Wildman–Crippen MR) is 84.2 cm³/mol. The van der Waals surface area contributed by atoms with Crippen LogP contribution in [0.5, 0.6) is 0 Å². The highest BCUT2D eigenvalue weighted by Crippen LogP contribution is 2.35. The Balaban J connectivity index is 0.00000220. The van der Waals surface area contributed by atoms with Crippen LogP contribution in [-0.2, 0) is 0 Å². The average molecular weight is 439 g/mol. The van der Waals surface area contributed by atoms with Gasteiger partial charge in [-0.15, -0.1) is 12.4 Å². The van der Waals surface area contributed by atoms with Crippen molar-refractivity contribution < 1.29 is 17.6 Å². The van der Waals surface area contributed by atoms with Crippen molar-refractivity contribution in [3.8, 4) is 0 Å². The van der Waals surface area contributed by atoms with E-state index in [0.29, 0.717) is 26.2 Å². The molecule has 0 aliphatic carbocycles. The Morgan fingerprint density at radius 3 is 2.43 bits per heavy atom. The molecule has 0 saturated carbocycles. The van der Waals surface area contributed by atoms with Gasteiger partial charge in [0, 0.05) is 41.4 Å². The zero-order valence-electron chi connectivity index (χ0n) is 11.1. The Labute approximate surface area is 140 Å². The van der Waals surface area contributed by atoms with Crippen molar-refractivity contribution in [3.63, 3.8) is 0 Å². The third kappa shape index (κ3) is 5.54. The first-order valence-corrected chi connectivity index (χ1v) is 7.41. The number of hydrogen-bond donors (Lipinski definition) is 1. The minimum Gasteiger partial charge on any atom is -0.314 e. The van der Waals surface area contributed by atoms with Gasteiger partial charge in [0.1, 0.15) is 5.82 Å². The van der Waals surface area contributed by atoms with E-state index >= 15 is 0 Å². The smallest absolute Gasteiger partial charge is 0.314 e. The molecule has 1 aromatic carbocycles. The second kappa shape index (κ2) is 7.94. The van der Waals surface area contributed by atoms with Crippen LogP contribution < -0.4 is 5.32 Å². The van der Waals surface area contributed by atoms with E-state index in [2.05, 4.69) is 5.32 Å². The molecule has 8 heteroatoms. The number of benzene rings is 1. The summed E-state index contributed by atoms with van der Waals surface area (Å²) in [6, 6.07) is 3.35. The lowest BCUT2D eigenvalue weighted by Gasteiger charge is -2.35. The zero-order valence-corrected chi connectivity index (χ0v) is 14.1. The van der Waals surface area contributed by atoms with Gasteiger partial charge in [-0.3, -0.25) is 4.90 Å². The SMILES string of the molecule is Cl.Fc1ccc(I)cc1[C@@H](CC(F)(F)F)N1CCNCC1. The number of piperazine rings is 1. The molecule has 0 bridgehead atoms. The van der Waals surface area contributed by atoms with E-state index < -0.39 is 24.5 Å². The Bertz CT molecular complexity index is 464. The van der Waals surface area contributed by atoms with Crippen molar-refractivity contribution in [1.29, 1.82) is 0 Å². The van der Waals surface area contributed by atoms with Gasteiger partial charge in [0.2, 0.25) is 0 Å². The molecule has 1 N–H and O–H groups in total. The molecule has 1 atom stereocenters. The monoisotopic (exact) mass is 438 g/mol. The lowest BCUT2D eigenvalue weighted by atomic mass is 10.0. The van der Waals surface area contributed by atoms with E-state index in [0.717, 1.165) is 3.57 Å². The maximum absolute atomic E-state index is 13.9. The third-order valence-electron chi connectivity index (χ3n) is 3.33. The van der Waals surface area contributed by atoms with Gasteiger partial charge >= 0.3 is 6.18 Å². The number of nitrogens with one attached hydrogen (secondary N) is 1. The summed E-state index contributed by atoms with van der Waals surface area (Å²) in [4.78, 5) is 1.71. The maximum atomic E-state index is 13.9. The molecule has 1 aromatic rings. The van der Waals surface area contributed by atoms with E-state index in [1.54, 1.807) is 11.0 Å². The van der Waals surface area contributed by atoms with Gasteiger partial charge in [-0.2, -0.15) is 13.2 Å². The summed E-state index contributed by atoms with van der Waals surface area (Å²) in [5.74, 6) is -0.571. The van der Waals surface area contributed by atoms with Crippen LogP contribution in [0.3, 0.4) is 0 Å². The topological polar surface area (TPSA) is 15.3 Å². The van der Waals surface area contributed by atoms with Crippen LogP contribution in [0.25, 0.3) is 0 Å². The summed E-state index contributed by atoms with van der Waals surface area (Å²) in [5, 5.41) is 3.09. The highest BCUT2D eigenvalue weighted by molar-refractivity contribution is 14.1. The van der Waals surface area contributed by atoms with Crippen LogP contribution in [0.4, 0.5) is 17.6 Å². The number of hydrogen-bond acceptors (Lipinski definition) is 2. The average Bonchev–Trinajstić information content (AvgIpc) is 2.39. The van der Waals surface area contributed by atoms with Gasteiger partial charge in [-0.1, -0.05) is 0 Å².